The Hall–Kier alpha value is -3.50. The van der Waals surface area contributed by atoms with Crippen LogP contribution in [0.25, 0.3) is 0 Å². The van der Waals surface area contributed by atoms with Crippen molar-refractivity contribution in [3.05, 3.63) is 53.9 Å². The molecule has 0 aliphatic carbocycles. The summed E-state index contributed by atoms with van der Waals surface area (Å²) in [7, 11) is 4.72. The Bertz CT molecular complexity index is 1060. The van der Waals surface area contributed by atoms with Gasteiger partial charge in [0.05, 0.1) is 23.3 Å². The van der Waals surface area contributed by atoms with Crippen molar-refractivity contribution in [1.29, 1.82) is 0 Å². The summed E-state index contributed by atoms with van der Waals surface area (Å²) in [6.45, 7) is 4.67. The van der Waals surface area contributed by atoms with E-state index in [-0.39, 0.29) is 49.0 Å². The minimum absolute atomic E-state index is 0.0770. The quantitative estimate of drug-likeness (QED) is 0.674. The summed E-state index contributed by atoms with van der Waals surface area (Å²) >= 11 is 0. The van der Waals surface area contributed by atoms with Gasteiger partial charge in [-0.15, -0.1) is 0 Å². The Balaban J connectivity index is 1.96. The number of benzene rings is 1. The number of ether oxygens (including phenoxy) is 3. The van der Waals surface area contributed by atoms with Crippen molar-refractivity contribution in [2.75, 3.05) is 52.9 Å². The van der Waals surface area contributed by atoms with Gasteiger partial charge < -0.3 is 29.3 Å². The van der Waals surface area contributed by atoms with Crippen LogP contribution >= 0.6 is 0 Å². The van der Waals surface area contributed by atoms with E-state index in [0.29, 0.717) is 35.7 Å². The van der Waals surface area contributed by atoms with Gasteiger partial charge in [0.25, 0.3) is 11.8 Å². The molecule has 2 aromatic rings. The summed E-state index contributed by atoms with van der Waals surface area (Å²) in [5.74, 6) is -0.470. The molecule has 3 rings (SSSR count). The van der Waals surface area contributed by atoms with Crippen LogP contribution in [0.3, 0.4) is 0 Å². The fraction of sp³-hybridized carbons (Fsp3) is 0.462. The van der Waals surface area contributed by atoms with E-state index in [9.17, 15) is 14.4 Å². The van der Waals surface area contributed by atoms with E-state index in [2.05, 4.69) is 10.3 Å². The van der Waals surface area contributed by atoms with Gasteiger partial charge in [-0.2, -0.15) is 0 Å². The van der Waals surface area contributed by atoms with Gasteiger partial charge in [-0.1, -0.05) is 6.92 Å². The highest BCUT2D eigenvalue weighted by atomic mass is 16.5. The molecule has 10 nitrogen and oxygen atoms in total. The number of likely N-dealkylation sites (N-methyl/N-ethyl adjacent to an activating group) is 1. The second-order valence-electron chi connectivity index (χ2n) is 8.99. The lowest BCUT2D eigenvalue weighted by molar-refractivity contribution is -0.119. The first-order valence-electron chi connectivity index (χ1n) is 11.8. The number of hydrogen-bond acceptors (Lipinski definition) is 7. The van der Waals surface area contributed by atoms with Gasteiger partial charge in [0.15, 0.2) is 0 Å². The zero-order chi connectivity index (χ0) is 26.2. The molecule has 1 aromatic heterocycles. The monoisotopic (exact) mass is 498 g/mol. The number of anilines is 1. The maximum Gasteiger partial charge on any atom is 0.257 e. The minimum atomic E-state index is -0.334. The first-order valence-corrected chi connectivity index (χ1v) is 11.8. The number of carbonyl (C=O) groups excluding carboxylic acids is 3. The van der Waals surface area contributed by atoms with Crippen LogP contribution in [0, 0.1) is 5.92 Å². The van der Waals surface area contributed by atoms with Gasteiger partial charge in [-0.05, 0) is 37.3 Å². The summed E-state index contributed by atoms with van der Waals surface area (Å²) < 4.78 is 16.7. The number of carbonyl (C=O) groups is 3. The van der Waals surface area contributed by atoms with Crippen molar-refractivity contribution in [3.63, 3.8) is 0 Å². The molecule has 194 valence electrons. The summed E-state index contributed by atoms with van der Waals surface area (Å²) in [5, 5.41) is 2.72. The fourth-order valence-electron chi connectivity index (χ4n) is 4.12. The number of pyridine rings is 1. The molecule has 36 heavy (non-hydrogen) atoms. The standard InChI is InChI=1S/C26H34N4O6/c1-17-13-30(25(32)19-7-6-10-27-12-19)18(2)15-36-22-9-8-20(28-24(31)16-34-4)11-21(22)26(33)29(3)14-23(17)35-5/h6-12,17-18,23H,13-16H2,1-5H3,(H,28,31)/t17-,18+,23+/m1/s1. The summed E-state index contributed by atoms with van der Waals surface area (Å²) in [6.07, 6.45) is 2.86. The van der Waals surface area contributed by atoms with Crippen molar-refractivity contribution in [1.82, 2.24) is 14.8 Å². The number of nitrogens with zero attached hydrogens (tertiary/aromatic N) is 3. The van der Waals surface area contributed by atoms with Crippen LogP contribution in [0.5, 0.6) is 5.75 Å². The normalized spacial score (nSPS) is 21.0. The van der Waals surface area contributed by atoms with Crippen LogP contribution in [-0.4, -0.2) is 92.2 Å². The molecule has 10 heteroatoms. The SMILES string of the molecule is COCC(=O)Nc1ccc2c(c1)C(=O)N(C)C[C@H](OC)[C@H](C)CN(C(=O)c1cccnc1)[C@@H](C)CO2. The fourth-order valence-corrected chi connectivity index (χ4v) is 4.12. The van der Waals surface area contributed by atoms with E-state index in [1.807, 2.05) is 13.8 Å². The highest BCUT2D eigenvalue weighted by Crippen LogP contribution is 2.27. The molecule has 1 aliphatic heterocycles. The van der Waals surface area contributed by atoms with Crippen LogP contribution in [0.4, 0.5) is 5.69 Å². The van der Waals surface area contributed by atoms with Crippen LogP contribution < -0.4 is 10.1 Å². The zero-order valence-corrected chi connectivity index (χ0v) is 21.4. The summed E-state index contributed by atoms with van der Waals surface area (Å²) in [4.78, 5) is 46.2. The number of rotatable bonds is 5. The molecular formula is C26H34N4O6. The first-order chi connectivity index (χ1) is 17.2. The third-order valence-corrected chi connectivity index (χ3v) is 6.17. The zero-order valence-electron chi connectivity index (χ0n) is 21.4. The van der Waals surface area contributed by atoms with Gasteiger partial charge in [0, 0.05) is 58.4 Å². The number of fused-ring (bicyclic) bond motifs is 1. The lowest BCUT2D eigenvalue weighted by atomic mass is 10.0. The minimum Gasteiger partial charge on any atom is -0.491 e. The number of amides is 3. The van der Waals surface area contributed by atoms with Gasteiger partial charge in [-0.25, -0.2) is 0 Å². The van der Waals surface area contributed by atoms with Crippen LogP contribution in [-0.2, 0) is 14.3 Å². The van der Waals surface area contributed by atoms with E-state index >= 15 is 0 Å². The van der Waals surface area contributed by atoms with Gasteiger partial charge in [0.2, 0.25) is 5.91 Å². The molecule has 3 atom stereocenters. The Morgan fingerprint density at radius 3 is 2.64 bits per heavy atom. The molecule has 1 aliphatic rings. The van der Waals surface area contributed by atoms with Gasteiger partial charge >= 0.3 is 0 Å². The molecule has 0 spiro atoms. The first kappa shape index (κ1) is 27.1. The Morgan fingerprint density at radius 1 is 1.19 bits per heavy atom. The Morgan fingerprint density at radius 2 is 1.97 bits per heavy atom. The van der Waals surface area contributed by atoms with E-state index in [1.165, 1.54) is 7.11 Å². The third kappa shape index (κ3) is 6.58. The smallest absolute Gasteiger partial charge is 0.257 e. The topological polar surface area (TPSA) is 110 Å². The van der Waals surface area contributed by atoms with Crippen LogP contribution in [0.2, 0.25) is 0 Å². The Kier molecular flexibility index (Phi) is 9.38. The average molecular weight is 499 g/mol. The van der Waals surface area contributed by atoms with E-state index in [1.54, 1.807) is 66.7 Å². The van der Waals surface area contributed by atoms with Crippen molar-refractivity contribution in [2.24, 2.45) is 5.92 Å². The predicted octanol–water partition coefficient (Wildman–Crippen LogP) is 2.31. The molecule has 0 radical (unpaired) electrons. The molecule has 3 amide bonds. The highest BCUT2D eigenvalue weighted by Gasteiger charge is 2.31. The molecule has 0 saturated heterocycles. The number of methoxy groups -OCH3 is 2. The van der Waals surface area contributed by atoms with Gasteiger partial charge in [0.1, 0.15) is 19.0 Å². The number of hydrogen-bond donors (Lipinski definition) is 1. The maximum absolute atomic E-state index is 13.4. The average Bonchev–Trinajstić information content (AvgIpc) is 2.88. The largest absolute Gasteiger partial charge is 0.491 e. The van der Waals surface area contributed by atoms with Crippen molar-refractivity contribution >= 4 is 23.4 Å². The second kappa shape index (κ2) is 12.5. The molecule has 0 unspecified atom stereocenters. The number of aromatic nitrogens is 1. The molecule has 1 N–H and O–H groups in total. The Labute approximate surface area is 211 Å². The molecule has 0 saturated carbocycles. The van der Waals surface area contributed by atoms with E-state index < -0.39 is 0 Å². The summed E-state index contributed by atoms with van der Waals surface area (Å²) in [5.41, 5.74) is 1.24. The highest BCUT2D eigenvalue weighted by molar-refractivity contribution is 5.99. The molecule has 0 fully saturated rings. The molecule has 1 aromatic carbocycles. The van der Waals surface area contributed by atoms with Crippen molar-refractivity contribution in [3.8, 4) is 5.75 Å². The van der Waals surface area contributed by atoms with Gasteiger partial charge in [-0.3, -0.25) is 19.4 Å². The van der Waals surface area contributed by atoms with Crippen LogP contribution in [0.1, 0.15) is 34.6 Å². The summed E-state index contributed by atoms with van der Waals surface area (Å²) in [6, 6.07) is 8.05. The maximum atomic E-state index is 13.4. The molecule has 0 bridgehead atoms. The van der Waals surface area contributed by atoms with Crippen molar-refractivity contribution in [2.45, 2.75) is 26.0 Å². The third-order valence-electron chi connectivity index (χ3n) is 6.17. The van der Waals surface area contributed by atoms with Crippen molar-refractivity contribution < 1.29 is 28.6 Å². The van der Waals surface area contributed by atoms with Crippen LogP contribution in [0.15, 0.2) is 42.7 Å². The van der Waals surface area contributed by atoms with E-state index in [0.717, 1.165) is 0 Å². The van der Waals surface area contributed by atoms with E-state index in [4.69, 9.17) is 14.2 Å². The number of nitrogens with one attached hydrogen (secondary N) is 1. The lowest BCUT2D eigenvalue weighted by Gasteiger charge is -2.36. The molecular weight excluding hydrogens is 464 g/mol. The molecule has 2 heterocycles. The predicted molar refractivity (Wildman–Crippen MR) is 134 cm³/mol. The second-order valence-corrected chi connectivity index (χ2v) is 8.99. The lowest BCUT2D eigenvalue weighted by Crippen LogP contribution is -2.48.